The van der Waals surface area contributed by atoms with Gasteiger partial charge in [0.05, 0.1) is 5.56 Å². The van der Waals surface area contributed by atoms with E-state index in [0.717, 1.165) is 11.1 Å². The minimum atomic E-state index is -0.0737. The predicted octanol–water partition coefficient (Wildman–Crippen LogP) is 3.96. The van der Waals surface area contributed by atoms with E-state index in [1.807, 2.05) is 30.3 Å². The van der Waals surface area contributed by atoms with Gasteiger partial charge >= 0.3 is 0 Å². The fraction of sp³-hybridized carbons (Fsp3) is 0.227. The van der Waals surface area contributed by atoms with Crippen molar-refractivity contribution in [3.8, 4) is 0 Å². The Hall–Kier alpha value is -3.01. The highest BCUT2D eigenvalue weighted by Crippen LogP contribution is 2.13. The number of carbonyl (C=O) groups excluding carboxylic acids is 1. The number of aromatic nitrogens is 2. The molecule has 0 aliphatic carbocycles. The zero-order valence-corrected chi connectivity index (χ0v) is 15.4. The predicted molar refractivity (Wildman–Crippen MR) is 103 cm³/mol. The van der Waals surface area contributed by atoms with Crippen LogP contribution in [0.3, 0.4) is 0 Å². The van der Waals surface area contributed by atoms with Crippen molar-refractivity contribution in [3.05, 3.63) is 94.6 Å². The van der Waals surface area contributed by atoms with Gasteiger partial charge in [-0.1, -0.05) is 59.7 Å². The molecule has 0 aliphatic heterocycles. The highest BCUT2D eigenvalue weighted by atomic mass is 16.2. The Kier molecular flexibility index (Phi) is 5.42. The monoisotopic (exact) mass is 345 g/mol. The Morgan fingerprint density at radius 2 is 1.54 bits per heavy atom. The van der Waals surface area contributed by atoms with Gasteiger partial charge in [-0.05, 0) is 25.0 Å². The van der Waals surface area contributed by atoms with Crippen molar-refractivity contribution in [3.63, 3.8) is 0 Å². The Morgan fingerprint density at radius 1 is 0.923 bits per heavy atom. The van der Waals surface area contributed by atoms with Crippen LogP contribution in [0.25, 0.3) is 0 Å². The molecule has 3 aromatic rings. The number of aryl methyl sites for hydroxylation is 2. The van der Waals surface area contributed by atoms with Gasteiger partial charge in [0.1, 0.15) is 5.82 Å². The van der Waals surface area contributed by atoms with Gasteiger partial charge in [0.25, 0.3) is 5.91 Å². The largest absolute Gasteiger partial charge is 0.337 e. The van der Waals surface area contributed by atoms with E-state index in [1.54, 1.807) is 24.3 Å². The van der Waals surface area contributed by atoms with Crippen molar-refractivity contribution in [1.82, 2.24) is 14.9 Å². The number of amides is 1. The maximum absolute atomic E-state index is 12.6. The van der Waals surface area contributed by atoms with Gasteiger partial charge in [0, 0.05) is 32.4 Å². The molecular formula is C22H23N3O. The minimum Gasteiger partial charge on any atom is -0.337 e. The summed E-state index contributed by atoms with van der Waals surface area (Å²) in [6.45, 7) is 4.70. The van der Waals surface area contributed by atoms with E-state index in [-0.39, 0.29) is 5.91 Å². The van der Waals surface area contributed by atoms with E-state index in [4.69, 9.17) is 0 Å². The average Bonchev–Trinajstić information content (AvgIpc) is 2.62. The summed E-state index contributed by atoms with van der Waals surface area (Å²) < 4.78 is 0. The Morgan fingerprint density at radius 3 is 2.15 bits per heavy atom. The van der Waals surface area contributed by atoms with Crippen LogP contribution >= 0.6 is 0 Å². The molecule has 3 rings (SSSR count). The summed E-state index contributed by atoms with van der Waals surface area (Å²) >= 11 is 0. The lowest BCUT2D eigenvalue weighted by atomic mass is 10.1. The van der Waals surface area contributed by atoms with Gasteiger partial charge in [-0.15, -0.1) is 0 Å². The second-order valence-corrected chi connectivity index (χ2v) is 6.71. The van der Waals surface area contributed by atoms with Crippen molar-refractivity contribution < 1.29 is 4.79 Å². The number of benzene rings is 2. The highest BCUT2D eigenvalue weighted by molar-refractivity contribution is 5.93. The number of nitrogens with zero attached hydrogens (tertiary/aromatic N) is 3. The third kappa shape index (κ3) is 4.54. The summed E-state index contributed by atoms with van der Waals surface area (Å²) in [5.41, 5.74) is 5.19. The van der Waals surface area contributed by atoms with Gasteiger partial charge in [0.15, 0.2) is 0 Å². The van der Waals surface area contributed by atoms with Gasteiger partial charge in [-0.2, -0.15) is 0 Å². The zero-order chi connectivity index (χ0) is 18.5. The van der Waals surface area contributed by atoms with Crippen LogP contribution in [-0.4, -0.2) is 27.8 Å². The van der Waals surface area contributed by atoms with Crippen LogP contribution in [-0.2, 0) is 13.0 Å². The molecule has 0 aliphatic rings. The fourth-order valence-electron chi connectivity index (χ4n) is 3.06. The van der Waals surface area contributed by atoms with E-state index >= 15 is 0 Å². The summed E-state index contributed by atoms with van der Waals surface area (Å²) in [6.07, 6.45) is 3.89. The second-order valence-electron chi connectivity index (χ2n) is 6.71. The summed E-state index contributed by atoms with van der Waals surface area (Å²) in [6, 6.07) is 16.4. The molecule has 0 N–H and O–H groups in total. The quantitative estimate of drug-likeness (QED) is 0.703. The number of rotatable bonds is 5. The first-order valence-corrected chi connectivity index (χ1v) is 8.69. The first kappa shape index (κ1) is 17.8. The van der Waals surface area contributed by atoms with Gasteiger partial charge in [-0.25, -0.2) is 9.97 Å². The molecule has 26 heavy (non-hydrogen) atoms. The highest BCUT2D eigenvalue weighted by Gasteiger charge is 2.13. The molecular weight excluding hydrogens is 322 g/mol. The van der Waals surface area contributed by atoms with Gasteiger partial charge < -0.3 is 4.90 Å². The molecule has 4 nitrogen and oxygen atoms in total. The first-order valence-electron chi connectivity index (χ1n) is 8.69. The molecule has 0 spiro atoms. The van der Waals surface area contributed by atoms with Crippen LogP contribution in [0, 0.1) is 13.8 Å². The summed E-state index contributed by atoms with van der Waals surface area (Å²) in [7, 11) is 1.80. The summed E-state index contributed by atoms with van der Waals surface area (Å²) in [5.74, 6) is 0.639. The van der Waals surface area contributed by atoms with E-state index in [1.165, 1.54) is 11.1 Å². The molecule has 0 unspecified atom stereocenters. The van der Waals surface area contributed by atoms with Crippen LogP contribution in [0.15, 0.2) is 60.9 Å². The number of carbonyl (C=O) groups is 1. The summed E-state index contributed by atoms with van der Waals surface area (Å²) in [4.78, 5) is 23.0. The normalized spacial score (nSPS) is 10.6. The van der Waals surface area contributed by atoms with Crippen molar-refractivity contribution >= 4 is 5.91 Å². The molecule has 0 fully saturated rings. The van der Waals surface area contributed by atoms with Crippen molar-refractivity contribution in [2.75, 3.05) is 7.05 Å². The van der Waals surface area contributed by atoms with Crippen LogP contribution < -0.4 is 0 Å². The number of hydrogen-bond acceptors (Lipinski definition) is 3. The maximum atomic E-state index is 12.6. The van der Waals surface area contributed by atoms with Crippen LogP contribution in [0.1, 0.15) is 38.4 Å². The first-order chi connectivity index (χ1) is 12.5. The third-order valence-corrected chi connectivity index (χ3v) is 4.21. The molecule has 1 heterocycles. The number of hydrogen-bond donors (Lipinski definition) is 0. The smallest absolute Gasteiger partial charge is 0.257 e. The molecule has 1 amide bonds. The Balaban J connectivity index is 1.67. The Bertz CT molecular complexity index is 869. The van der Waals surface area contributed by atoms with Crippen molar-refractivity contribution in [2.45, 2.75) is 26.8 Å². The van der Waals surface area contributed by atoms with E-state index in [2.05, 4.69) is 42.0 Å². The van der Waals surface area contributed by atoms with Crippen molar-refractivity contribution in [2.24, 2.45) is 0 Å². The topological polar surface area (TPSA) is 46.1 Å². The lowest BCUT2D eigenvalue weighted by molar-refractivity contribution is 0.0784. The van der Waals surface area contributed by atoms with Gasteiger partial charge in [-0.3, -0.25) is 4.79 Å². The molecule has 4 heteroatoms. The van der Waals surface area contributed by atoms with E-state index in [9.17, 15) is 4.79 Å². The molecule has 0 radical (unpaired) electrons. The molecule has 2 aromatic carbocycles. The molecule has 0 bridgehead atoms. The van der Waals surface area contributed by atoms with Gasteiger partial charge in [0.2, 0.25) is 0 Å². The lowest BCUT2D eigenvalue weighted by Gasteiger charge is -2.18. The maximum Gasteiger partial charge on any atom is 0.257 e. The Labute approximate surface area is 154 Å². The average molecular weight is 345 g/mol. The zero-order valence-electron chi connectivity index (χ0n) is 15.4. The fourth-order valence-corrected chi connectivity index (χ4v) is 3.06. The molecule has 132 valence electrons. The molecule has 1 aromatic heterocycles. The van der Waals surface area contributed by atoms with Crippen LogP contribution in [0.5, 0.6) is 0 Å². The third-order valence-electron chi connectivity index (χ3n) is 4.21. The SMILES string of the molecule is Cc1cc(C)cc(CN(C)C(=O)c2cnc(Cc3ccccc3)nc2)c1. The van der Waals surface area contributed by atoms with Crippen LogP contribution in [0.2, 0.25) is 0 Å². The minimum absolute atomic E-state index is 0.0737. The second kappa shape index (κ2) is 7.91. The van der Waals surface area contributed by atoms with E-state index in [0.29, 0.717) is 24.4 Å². The standard InChI is InChI=1S/C22H23N3O/c1-16-9-17(2)11-19(10-16)15-25(3)22(26)20-13-23-21(24-14-20)12-18-7-5-4-6-8-18/h4-11,13-14H,12,15H2,1-3H3. The molecule has 0 atom stereocenters. The lowest BCUT2D eigenvalue weighted by Crippen LogP contribution is -2.26. The molecule has 0 saturated carbocycles. The van der Waals surface area contributed by atoms with Crippen molar-refractivity contribution in [1.29, 1.82) is 0 Å². The molecule has 0 saturated heterocycles. The summed E-state index contributed by atoms with van der Waals surface area (Å²) in [5, 5.41) is 0. The van der Waals surface area contributed by atoms with Crippen LogP contribution in [0.4, 0.5) is 0 Å². The van der Waals surface area contributed by atoms with E-state index < -0.39 is 0 Å².